The molecule has 2 rings (SSSR count). The van der Waals surface area contributed by atoms with Crippen molar-refractivity contribution in [3.05, 3.63) is 24.0 Å². The largest absolute Gasteiger partial charge is 0.398 e. The first kappa shape index (κ1) is 16.2. The van der Waals surface area contributed by atoms with Crippen LogP contribution in [0.1, 0.15) is 51.1 Å². The number of nitrogens with one attached hydrogen (secondary N) is 1. The molecule has 0 aromatic carbocycles. The van der Waals surface area contributed by atoms with Gasteiger partial charge < -0.3 is 16.0 Å². The fraction of sp³-hybridized carbons (Fsp3) is 0.706. The molecule has 1 unspecified atom stereocenters. The second-order valence-corrected chi connectivity index (χ2v) is 6.68. The van der Waals surface area contributed by atoms with E-state index in [1.54, 1.807) is 6.20 Å². The van der Waals surface area contributed by atoms with Crippen LogP contribution in [-0.4, -0.2) is 36.1 Å². The number of rotatable bonds is 5. The summed E-state index contributed by atoms with van der Waals surface area (Å²) < 4.78 is 0. The summed E-state index contributed by atoms with van der Waals surface area (Å²) in [5, 5.41) is 3.68. The van der Waals surface area contributed by atoms with E-state index in [1.165, 1.54) is 25.7 Å². The molecule has 118 valence electrons. The SMILES string of the molecule is CCNC(c1cnccc1N)C1(N(C)C)CCC(C)CC1. The average Bonchev–Trinajstić information content (AvgIpc) is 2.47. The molecule has 0 aliphatic heterocycles. The third-order valence-electron chi connectivity index (χ3n) is 5.17. The van der Waals surface area contributed by atoms with Gasteiger partial charge in [0.2, 0.25) is 0 Å². The monoisotopic (exact) mass is 290 g/mol. The first-order valence-corrected chi connectivity index (χ1v) is 8.11. The van der Waals surface area contributed by atoms with E-state index >= 15 is 0 Å². The van der Waals surface area contributed by atoms with Gasteiger partial charge in [-0.05, 0) is 58.3 Å². The highest BCUT2D eigenvalue weighted by molar-refractivity contribution is 5.47. The van der Waals surface area contributed by atoms with Gasteiger partial charge in [-0.15, -0.1) is 0 Å². The van der Waals surface area contributed by atoms with Crippen molar-refractivity contribution < 1.29 is 0 Å². The Morgan fingerprint density at radius 1 is 1.43 bits per heavy atom. The molecule has 0 radical (unpaired) electrons. The number of anilines is 1. The van der Waals surface area contributed by atoms with Crippen molar-refractivity contribution in [2.24, 2.45) is 5.92 Å². The molecule has 4 heteroatoms. The molecule has 4 nitrogen and oxygen atoms in total. The second-order valence-electron chi connectivity index (χ2n) is 6.68. The van der Waals surface area contributed by atoms with Crippen molar-refractivity contribution in [2.45, 2.75) is 51.1 Å². The van der Waals surface area contributed by atoms with E-state index in [0.717, 1.165) is 23.7 Å². The summed E-state index contributed by atoms with van der Waals surface area (Å²) in [6, 6.07) is 2.15. The molecule has 0 spiro atoms. The van der Waals surface area contributed by atoms with Gasteiger partial charge in [0.15, 0.2) is 0 Å². The van der Waals surface area contributed by atoms with E-state index < -0.39 is 0 Å². The van der Waals surface area contributed by atoms with Crippen molar-refractivity contribution in [1.29, 1.82) is 0 Å². The highest BCUT2D eigenvalue weighted by Crippen LogP contribution is 2.44. The van der Waals surface area contributed by atoms with Crippen LogP contribution in [0.25, 0.3) is 0 Å². The van der Waals surface area contributed by atoms with Gasteiger partial charge in [-0.2, -0.15) is 0 Å². The van der Waals surface area contributed by atoms with Crippen LogP contribution in [0.2, 0.25) is 0 Å². The Bertz CT molecular complexity index is 450. The lowest BCUT2D eigenvalue weighted by atomic mass is 9.70. The lowest BCUT2D eigenvalue weighted by molar-refractivity contribution is 0.0435. The highest BCUT2D eigenvalue weighted by atomic mass is 15.2. The van der Waals surface area contributed by atoms with Crippen LogP contribution in [0.5, 0.6) is 0 Å². The maximum Gasteiger partial charge on any atom is 0.0542 e. The first-order chi connectivity index (χ1) is 10.0. The fourth-order valence-electron chi connectivity index (χ4n) is 3.71. The van der Waals surface area contributed by atoms with Crippen LogP contribution in [0.3, 0.4) is 0 Å². The zero-order valence-corrected chi connectivity index (χ0v) is 13.9. The van der Waals surface area contributed by atoms with Gasteiger partial charge in [-0.1, -0.05) is 13.8 Å². The number of nitrogens with two attached hydrogens (primary N) is 1. The lowest BCUT2D eigenvalue weighted by Gasteiger charge is -2.50. The topological polar surface area (TPSA) is 54.2 Å². The van der Waals surface area contributed by atoms with Crippen molar-refractivity contribution >= 4 is 5.69 Å². The Balaban J connectivity index is 2.40. The average molecular weight is 290 g/mol. The number of aromatic nitrogens is 1. The van der Waals surface area contributed by atoms with Crippen LogP contribution in [-0.2, 0) is 0 Å². The molecular formula is C17H30N4. The van der Waals surface area contributed by atoms with Crippen LogP contribution in [0, 0.1) is 5.92 Å². The molecule has 0 saturated heterocycles. The number of hydrogen-bond acceptors (Lipinski definition) is 4. The number of nitrogen functional groups attached to an aromatic ring is 1. The van der Waals surface area contributed by atoms with E-state index in [9.17, 15) is 0 Å². The molecule has 1 heterocycles. The number of pyridine rings is 1. The third kappa shape index (κ3) is 3.22. The van der Waals surface area contributed by atoms with Gasteiger partial charge in [-0.3, -0.25) is 4.98 Å². The fourth-order valence-corrected chi connectivity index (χ4v) is 3.71. The quantitative estimate of drug-likeness (QED) is 0.875. The maximum atomic E-state index is 6.25. The molecule has 1 saturated carbocycles. The Hall–Kier alpha value is -1.13. The molecular weight excluding hydrogens is 260 g/mol. The Labute approximate surface area is 129 Å². The summed E-state index contributed by atoms with van der Waals surface area (Å²) in [5.41, 5.74) is 8.36. The minimum atomic E-state index is 0.125. The van der Waals surface area contributed by atoms with Crippen LogP contribution in [0.15, 0.2) is 18.5 Å². The van der Waals surface area contributed by atoms with E-state index in [1.807, 2.05) is 12.3 Å². The highest BCUT2D eigenvalue weighted by Gasteiger charge is 2.44. The molecule has 0 amide bonds. The zero-order chi connectivity index (χ0) is 15.5. The Morgan fingerprint density at radius 2 is 2.10 bits per heavy atom. The van der Waals surface area contributed by atoms with Crippen LogP contribution < -0.4 is 11.1 Å². The summed E-state index contributed by atoms with van der Waals surface area (Å²) in [4.78, 5) is 6.71. The lowest BCUT2D eigenvalue weighted by Crippen LogP contribution is -2.55. The molecule has 21 heavy (non-hydrogen) atoms. The predicted molar refractivity (Wildman–Crippen MR) is 89.1 cm³/mol. The Morgan fingerprint density at radius 3 is 2.62 bits per heavy atom. The van der Waals surface area contributed by atoms with E-state index in [-0.39, 0.29) is 11.6 Å². The number of likely N-dealkylation sites (N-methyl/N-ethyl adjacent to an activating group) is 2. The van der Waals surface area contributed by atoms with E-state index in [4.69, 9.17) is 5.73 Å². The van der Waals surface area contributed by atoms with E-state index in [2.05, 4.69) is 43.1 Å². The van der Waals surface area contributed by atoms with Crippen molar-refractivity contribution in [3.8, 4) is 0 Å². The number of hydrogen-bond donors (Lipinski definition) is 2. The standard InChI is InChI=1S/C17H30N4/c1-5-20-16(14-12-19-11-8-15(14)18)17(21(3)4)9-6-13(2)7-10-17/h8,11-13,16,20H,5-7,9-10H2,1-4H3,(H2,18,19). The normalized spacial score (nSPS) is 27.8. The van der Waals surface area contributed by atoms with Gasteiger partial charge in [-0.25, -0.2) is 0 Å². The zero-order valence-electron chi connectivity index (χ0n) is 13.9. The van der Waals surface area contributed by atoms with Crippen molar-refractivity contribution in [1.82, 2.24) is 15.2 Å². The van der Waals surface area contributed by atoms with E-state index in [0.29, 0.717) is 0 Å². The second kappa shape index (κ2) is 6.75. The molecule has 1 aromatic heterocycles. The molecule has 1 atom stereocenters. The van der Waals surface area contributed by atoms with Crippen LogP contribution >= 0.6 is 0 Å². The summed E-state index contributed by atoms with van der Waals surface area (Å²) in [5.74, 6) is 0.826. The van der Waals surface area contributed by atoms with Gasteiger partial charge >= 0.3 is 0 Å². The van der Waals surface area contributed by atoms with Crippen molar-refractivity contribution in [3.63, 3.8) is 0 Å². The molecule has 1 aromatic rings. The first-order valence-electron chi connectivity index (χ1n) is 8.11. The maximum absolute atomic E-state index is 6.25. The summed E-state index contributed by atoms with van der Waals surface area (Å²) in [6.07, 6.45) is 8.67. The minimum Gasteiger partial charge on any atom is -0.398 e. The summed E-state index contributed by atoms with van der Waals surface area (Å²) in [6.45, 7) is 5.46. The third-order valence-corrected chi connectivity index (χ3v) is 5.17. The molecule has 1 aliphatic carbocycles. The Kier molecular flexibility index (Phi) is 5.22. The van der Waals surface area contributed by atoms with Crippen LogP contribution in [0.4, 0.5) is 5.69 Å². The van der Waals surface area contributed by atoms with Gasteiger partial charge in [0.1, 0.15) is 0 Å². The van der Waals surface area contributed by atoms with Crippen molar-refractivity contribution in [2.75, 3.05) is 26.4 Å². The molecule has 1 fully saturated rings. The molecule has 3 N–H and O–H groups in total. The summed E-state index contributed by atoms with van der Waals surface area (Å²) in [7, 11) is 4.40. The molecule has 1 aliphatic rings. The smallest absolute Gasteiger partial charge is 0.0542 e. The molecule has 0 bridgehead atoms. The predicted octanol–water partition coefficient (Wildman–Crippen LogP) is 2.82. The van der Waals surface area contributed by atoms with Gasteiger partial charge in [0, 0.05) is 29.2 Å². The summed E-state index contributed by atoms with van der Waals surface area (Å²) >= 11 is 0. The van der Waals surface area contributed by atoms with Gasteiger partial charge in [0.25, 0.3) is 0 Å². The number of nitrogens with zero attached hydrogens (tertiary/aromatic N) is 2. The minimum absolute atomic E-state index is 0.125. The van der Waals surface area contributed by atoms with Gasteiger partial charge in [0.05, 0.1) is 6.04 Å².